The summed E-state index contributed by atoms with van der Waals surface area (Å²) in [6.45, 7) is 0. The van der Waals surface area contributed by atoms with Crippen molar-refractivity contribution >= 4 is 11.0 Å². The van der Waals surface area contributed by atoms with E-state index < -0.39 is 0 Å². The lowest BCUT2D eigenvalue weighted by atomic mass is 10.1. The molecule has 1 heterocycles. The summed E-state index contributed by atoms with van der Waals surface area (Å²) >= 11 is 0. The summed E-state index contributed by atoms with van der Waals surface area (Å²) in [7, 11) is 4.18. The molecule has 16 heavy (non-hydrogen) atoms. The summed E-state index contributed by atoms with van der Waals surface area (Å²) in [5, 5.41) is 1.05. The second-order valence-electron chi connectivity index (χ2n) is 4.70. The molecule has 0 bridgehead atoms. The van der Waals surface area contributed by atoms with Crippen molar-refractivity contribution < 1.29 is 8.81 Å². The first-order chi connectivity index (χ1) is 7.66. The van der Waals surface area contributed by atoms with Gasteiger partial charge in [-0.2, -0.15) is 0 Å². The molecule has 3 heteroatoms. The Balaban J connectivity index is 2.00. The zero-order valence-electron chi connectivity index (χ0n) is 9.40. The van der Waals surface area contributed by atoms with E-state index in [1.807, 2.05) is 6.07 Å². The van der Waals surface area contributed by atoms with Crippen LogP contribution >= 0.6 is 0 Å². The largest absolute Gasteiger partial charge is 0.464 e. The van der Waals surface area contributed by atoms with Crippen molar-refractivity contribution in [1.82, 2.24) is 4.90 Å². The number of likely N-dealkylation sites (N-methyl/N-ethyl adjacent to an activating group) is 1. The van der Waals surface area contributed by atoms with E-state index in [4.69, 9.17) is 4.42 Å². The summed E-state index contributed by atoms with van der Waals surface area (Å²) < 4.78 is 18.4. The van der Waals surface area contributed by atoms with Gasteiger partial charge >= 0.3 is 0 Å². The summed E-state index contributed by atoms with van der Waals surface area (Å²) in [5.41, 5.74) is 1.87. The van der Waals surface area contributed by atoms with E-state index in [1.165, 1.54) is 24.1 Å². The Morgan fingerprint density at radius 2 is 2.19 bits per heavy atom. The molecule has 2 nitrogen and oxygen atoms in total. The Labute approximate surface area is 93.7 Å². The summed E-state index contributed by atoms with van der Waals surface area (Å²) in [4.78, 5) is 2.23. The minimum absolute atomic E-state index is 0.242. The first-order valence-electron chi connectivity index (χ1n) is 5.50. The molecule has 0 saturated heterocycles. The molecule has 1 aliphatic rings. The van der Waals surface area contributed by atoms with Gasteiger partial charge in [0.05, 0.1) is 6.26 Å². The third kappa shape index (κ3) is 1.43. The van der Waals surface area contributed by atoms with E-state index in [9.17, 15) is 4.39 Å². The monoisotopic (exact) mass is 219 g/mol. The molecule has 1 aromatic carbocycles. The van der Waals surface area contributed by atoms with E-state index in [2.05, 4.69) is 19.0 Å². The van der Waals surface area contributed by atoms with Crippen molar-refractivity contribution in [1.29, 1.82) is 0 Å². The first-order valence-corrected chi connectivity index (χ1v) is 5.50. The Bertz CT molecular complexity index is 532. The Morgan fingerprint density at radius 3 is 2.88 bits per heavy atom. The number of fused-ring (bicyclic) bond motifs is 1. The third-order valence-corrected chi connectivity index (χ3v) is 3.39. The molecule has 2 atom stereocenters. The standard InChI is InChI=1S/C13H14FNO/c1-15(2)12-6-10(12)11-7-16-13-5-8(14)3-4-9(11)13/h3-5,7,10,12H,6H2,1-2H3. The highest BCUT2D eigenvalue weighted by Crippen LogP contribution is 2.46. The molecule has 0 aliphatic heterocycles. The number of benzene rings is 1. The fourth-order valence-electron chi connectivity index (χ4n) is 2.40. The molecule has 3 rings (SSSR count). The molecule has 2 aromatic rings. The van der Waals surface area contributed by atoms with Gasteiger partial charge in [0, 0.05) is 29.0 Å². The van der Waals surface area contributed by atoms with E-state index in [0.29, 0.717) is 17.5 Å². The van der Waals surface area contributed by atoms with Crippen molar-refractivity contribution in [3.8, 4) is 0 Å². The molecule has 1 fully saturated rings. The molecule has 1 aromatic heterocycles. The van der Waals surface area contributed by atoms with E-state index in [0.717, 1.165) is 5.39 Å². The van der Waals surface area contributed by atoms with Gasteiger partial charge in [-0.05, 0) is 32.6 Å². The fraction of sp³-hybridized carbons (Fsp3) is 0.385. The molecular weight excluding hydrogens is 205 g/mol. The highest BCUT2D eigenvalue weighted by molar-refractivity contribution is 5.82. The van der Waals surface area contributed by atoms with E-state index >= 15 is 0 Å². The topological polar surface area (TPSA) is 16.4 Å². The molecule has 0 spiro atoms. The third-order valence-electron chi connectivity index (χ3n) is 3.39. The SMILES string of the molecule is CN(C)C1CC1c1coc2cc(F)ccc12. The van der Waals surface area contributed by atoms with Crippen LogP contribution in [0.1, 0.15) is 17.9 Å². The molecule has 2 unspecified atom stereocenters. The van der Waals surface area contributed by atoms with Crippen LogP contribution < -0.4 is 0 Å². The van der Waals surface area contributed by atoms with Gasteiger partial charge < -0.3 is 9.32 Å². The predicted molar refractivity (Wildman–Crippen MR) is 61.0 cm³/mol. The lowest BCUT2D eigenvalue weighted by molar-refractivity contribution is 0.391. The normalized spacial score (nSPS) is 24.2. The number of nitrogens with zero attached hydrogens (tertiary/aromatic N) is 1. The summed E-state index contributed by atoms with van der Waals surface area (Å²) in [5.74, 6) is 0.301. The van der Waals surface area contributed by atoms with Crippen LogP contribution in [-0.4, -0.2) is 25.0 Å². The summed E-state index contributed by atoms with van der Waals surface area (Å²) in [6, 6.07) is 5.36. The smallest absolute Gasteiger partial charge is 0.137 e. The van der Waals surface area contributed by atoms with Crippen LogP contribution in [0, 0.1) is 5.82 Å². The molecule has 1 aliphatic carbocycles. The van der Waals surface area contributed by atoms with Crippen LogP contribution in [0.4, 0.5) is 4.39 Å². The highest BCUT2D eigenvalue weighted by Gasteiger charge is 2.41. The van der Waals surface area contributed by atoms with Gasteiger partial charge in [-0.3, -0.25) is 0 Å². The van der Waals surface area contributed by atoms with Crippen LogP contribution in [0.2, 0.25) is 0 Å². The van der Waals surface area contributed by atoms with Gasteiger partial charge in [0.2, 0.25) is 0 Å². The molecule has 0 amide bonds. The van der Waals surface area contributed by atoms with Crippen molar-refractivity contribution in [2.75, 3.05) is 14.1 Å². The van der Waals surface area contributed by atoms with Crippen molar-refractivity contribution in [3.05, 3.63) is 35.8 Å². The van der Waals surface area contributed by atoms with Gasteiger partial charge in [0.15, 0.2) is 0 Å². The Kier molecular flexibility index (Phi) is 2.04. The zero-order valence-corrected chi connectivity index (χ0v) is 9.40. The molecule has 0 N–H and O–H groups in total. The molecular formula is C13H14FNO. The van der Waals surface area contributed by atoms with Crippen molar-refractivity contribution in [3.63, 3.8) is 0 Å². The number of halogens is 1. The van der Waals surface area contributed by atoms with Gasteiger partial charge in [-0.25, -0.2) is 4.39 Å². The van der Waals surface area contributed by atoms with E-state index in [-0.39, 0.29) is 5.82 Å². The first kappa shape index (κ1) is 9.85. The lowest BCUT2D eigenvalue weighted by Crippen LogP contribution is -2.15. The maximum absolute atomic E-state index is 13.0. The van der Waals surface area contributed by atoms with Gasteiger partial charge in [-0.15, -0.1) is 0 Å². The second kappa shape index (κ2) is 3.32. The number of hydrogen-bond acceptors (Lipinski definition) is 2. The summed E-state index contributed by atoms with van der Waals surface area (Å²) in [6.07, 6.45) is 2.94. The Hall–Kier alpha value is -1.35. The zero-order chi connectivity index (χ0) is 11.3. The maximum Gasteiger partial charge on any atom is 0.137 e. The van der Waals surface area contributed by atoms with Gasteiger partial charge in [0.25, 0.3) is 0 Å². The molecule has 0 radical (unpaired) electrons. The van der Waals surface area contributed by atoms with Crippen LogP contribution in [0.5, 0.6) is 0 Å². The molecule has 1 saturated carbocycles. The number of hydrogen-bond donors (Lipinski definition) is 0. The van der Waals surface area contributed by atoms with Crippen molar-refractivity contribution in [2.45, 2.75) is 18.4 Å². The van der Waals surface area contributed by atoms with Crippen LogP contribution in [0.15, 0.2) is 28.9 Å². The second-order valence-corrected chi connectivity index (χ2v) is 4.70. The number of furan rings is 1. The molecule has 84 valence electrons. The van der Waals surface area contributed by atoms with Gasteiger partial charge in [0.1, 0.15) is 11.4 Å². The van der Waals surface area contributed by atoms with Crippen molar-refractivity contribution in [2.24, 2.45) is 0 Å². The average Bonchev–Trinajstić information content (AvgIpc) is 2.93. The minimum atomic E-state index is -0.242. The number of rotatable bonds is 2. The van der Waals surface area contributed by atoms with Crippen LogP contribution in [0.25, 0.3) is 11.0 Å². The minimum Gasteiger partial charge on any atom is -0.464 e. The van der Waals surface area contributed by atoms with Gasteiger partial charge in [-0.1, -0.05) is 0 Å². The fourth-order valence-corrected chi connectivity index (χ4v) is 2.40. The van der Waals surface area contributed by atoms with Crippen LogP contribution in [0.3, 0.4) is 0 Å². The highest BCUT2D eigenvalue weighted by atomic mass is 19.1. The Morgan fingerprint density at radius 1 is 1.38 bits per heavy atom. The average molecular weight is 219 g/mol. The lowest BCUT2D eigenvalue weighted by Gasteiger charge is -2.07. The maximum atomic E-state index is 13.0. The quantitative estimate of drug-likeness (QED) is 0.772. The predicted octanol–water partition coefficient (Wildman–Crippen LogP) is 2.99. The van der Waals surface area contributed by atoms with Crippen LogP contribution in [-0.2, 0) is 0 Å². The van der Waals surface area contributed by atoms with E-state index in [1.54, 1.807) is 6.26 Å².